The predicted octanol–water partition coefficient (Wildman–Crippen LogP) is 17.5. The van der Waals surface area contributed by atoms with Crippen LogP contribution in [-0.4, -0.2) is 0 Å². The molecule has 0 saturated heterocycles. The number of fused-ring (bicyclic) bond motifs is 11. The third-order valence-electron chi connectivity index (χ3n) is 16.8. The minimum Gasteiger partial charge on any atom is -0.197 e. The van der Waals surface area contributed by atoms with E-state index >= 15 is 0 Å². The summed E-state index contributed by atoms with van der Waals surface area (Å²) in [6.07, 6.45) is 10.4. The van der Waals surface area contributed by atoms with Crippen LogP contribution in [0.5, 0.6) is 0 Å². The maximum Gasteiger partial charge on any atom is 0.220 e. The van der Waals surface area contributed by atoms with Crippen LogP contribution >= 0.6 is 0 Å². The van der Waals surface area contributed by atoms with Crippen molar-refractivity contribution in [3.63, 3.8) is 0 Å². The average Bonchev–Trinajstić information content (AvgIpc) is 3.46. The Balaban J connectivity index is 0.981. The van der Waals surface area contributed by atoms with Gasteiger partial charge in [-0.15, -0.1) is 0 Å². The normalized spacial score (nSPS) is 16.8. The molecule has 2 aromatic heterocycles. The standard InChI is InChI=1S/C70H60N2/c1-4-7-20-48-26-19-33-62-59(48)38-40-72-67(5-2)70(6-3,65-34-16-15-31-63(65)69(62)72)66-46-71-39-37-50-24-12-14-30-60(50)68(71)64-45-53(35-36-61(64)66)51-27-17-28-52(41-51)55-42-54(47-21-9-8-10-22-47)43-56(44-55)58-32-18-25-49-23-11-13-29-57(49)58/h8-19,21-45,66-67H,4-7,20,46H2,1-3H3/q+2. The second-order valence-corrected chi connectivity index (χ2v) is 20.4. The summed E-state index contributed by atoms with van der Waals surface area (Å²) in [4.78, 5) is 0. The minimum absolute atomic E-state index is 0.186. The third kappa shape index (κ3) is 7.06. The number of unbranched alkanes of at least 4 members (excludes halogenated alkanes) is 1. The predicted molar refractivity (Wildman–Crippen MR) is 301 cm³/mol. The van der Waals surface area contributed by atoms with E-state index in [-0.39, 0.29) is 17.4 Å². The van der Waals surface area contributed by atoms with Gasteiger partial charge in [-0.05, 0) is 151 Å². The largest absolute Gasteiger partial charge is 0.220 e. The number of aryl methyl sites for hydroxylation is 1. The first-order valence-electron chi connectivity index (χ1n) is 26.5. The molecule has 0 aliphatic carbocycles. The van der Waals surface area contributed by atoms with Crippen molar-refractivity contribution in [1.82, 2.24) is 0 Å². The second kappa shape index (κ2) is 18.0. The summed E-state index contributed by atoms with van der Waals surface area (Å²) >= 11 is 0. The van der Waals surface area contributed by atoms with E-state index in [1.807, 2.05) is 0 Å². The lowest BCUT2D eigenvalue weighted by Crippen LogP contribution is -2.60. The molecule has 0 N–H and O–H groups in total. The van der Waals surface area contributed by atoms with E-state index in [2.05, 4.69) is 255 Å². The van der Waals surface area contributed by atoms with E-state index in [1.54, 1.807) is 0 Å². The van der Waals surface area contributed by atoms with Crippen LogP contribution in [0.4, 0.5) is 0 Å². The smallest absolute Gasteiger partial charge is 0.197 e. The first-order valence-corrected chi connectivity index (χ1v) is 26.5. The lowest BCUT2D eigenvalue weighted by Gasteiger charge is -2.47. The zero-order valence-electron chi connectivity index (χ0n) is 41.7. The lowest BCUT2D eigenvalue weighted by molar-refractivity contribution is -0.731. The number of pyridine rings is 2. The fraction of sp³-hybridized carbons (Fsp3) is 0.171. The maximum absolute atomic E-state index is 2.70. The number of benzene rings is 9. The fourth-order valence-corrected chi connectivity index (χ4v) is 13.5. The molecule has 13 rings (SSSR count). The zero-order valence-corrected chi connectivity index (χ0v) is 41.7. The van der Waals surface area contributed by atoms with Gasteiger partial charge >= 0.3 is 0 Å². The van der Waals surface area contributed by atoms with Crippen molar-refractivity contribution >= 4 is 32.3 Å². The molecule has 2 heteroatoms. The average molecular weight is 929 g/mol. The minimum atomic E-state index is -0.186. The summed E-state index contributed by atoms with van der Waals surface area (Å²) in [5, 5.41) is 7.87. The highest BCUT2D eigenvalue weighted by Crippen LogP contribution is 2.57. The van der Waals surface area contributed by atoms with Gasteiger partial charge in [0.05, 0.1) is 33.2 Å². The molecule has 0 amide bonds. The molecule has 72 heavy (non-hydrogen) atoms. The molecule has 0 spiro atoms. The summed E-state index contributed by atoms with van der Waals surface area (Å²) in [7, 11) is 0. The molecule has 0 saturated carbocycles. The summed E-state index contributed by atoms with van der Waals surface area (Å²) in [6.45, 7) is 8.10. The molecule has 0 radical (unpaired) electrons. The molecule has 3 atom stereocenters. The highest BCUT2D eigenvalue weighted by Gasteiger charge is 2.58. The van der Waals surface area contributed by atoms with Crippen molar-refractivity contribution < 1.29 is 9.13 Å². The molecule has 0 bridgehead atoms. The molecule has 11 aromatic rings. The van der Waals surface area contributed by atoms with Crippen molar-refractivity contribution in [2.24, 2.45) is 0 Å². The highest BCUT2D eigenvalue weighted by molar-refractivity contribution is 6.00. The van der Waals surface area contributed by atoms with E-state index in [0.717, 1.165) is 25.8 Å². The Labute approximate surface area is 424 Å². The van der Waals surface area contributed by atoms with Gasteiger partial charge in [0.15, 0.2) is 25.0 Å². The Kier molecular flexibility index (Phi) is 11.0. The van der Waals surface area contributed by atoms with E-state index in [4.69, 9.17) is 0 Å². The number of aromatic nitrogens is 2. The van der Waals surface area contributed by atoms with Crippen molar-refractivity contribution in [3.8, 4) is 67.0 Å². The van der Waals surface area contributed by atoms with Gasteiger partial charge in [0.25, 0.3) is 0 Å². The van der Waals surface area contributed by atoms with E-state index < -0.39 is 0 Å². The van der Waals surface area contributed by atoms with Gasteiger partial charge in [-0.2, -0.15) is 9.13 Å². The zero-order chi connectivity index (χ0) is 48.3. The van der Waals surface area contributed by atoms with Gasteiger partial charge in [0, 0.05) is 18.6 Å². The van der Waals surface area contributed by atoms with Gasteiger partial charge < -0.3 is 0 Å². The van der Waals surface area contributed by atoms with E-state index in [9.17, 15) is 0 Å². The Hall–Kier alpha value is -7.94. The van der Waals surface area contributed by atoms with Crippen LogP contribution in [0.3, 0.4) is 0 Å². The topological polar surface area (TPSA) is 7.76 Å². The van der Waals surface area contributed by atoms with Gasteiger partial charge in [-0.3, -0.25) is 0 Å². The molecular weight excluding hydrogens is 869 g/mol. The molecule has 0 fully saturated rings. The number of nitrogens with zero attached hydrogens (tertiary/aromatic N) is 2. The second-order valence-electron chi connectivity index (χ2n) is 20.4. The van der Waals surface area contributed by atoms with Crippen molar-refractivity contribution in [1.29, 1.82) is 0 Å². The molecule has 3 unspecified atom stereocenters. The summed E-state index contributed by atoms with van der Waals surface area (Å²) < 4.78 is 5.31. The molecule has 9 aromatic carbocycles. The Morgan fingerprint density at radius 3 is 1.89 bits per heavy atom. The first-order chi connectivity index (χ1) is 35.6. The molecule has 2 aliphatic heterocycles. The third-order valence-corrected chi connectivity index (χ3v) is 16.8. The van der Waals surface area contributed by atoms with Crippen molar-refractivity contribution in [2.75, 3.05) is 0 Å². The van der Waals surface area contributed by atoms with Crippen LogP contribution in [0.1, 0.15) is 75.1 Å². The lowest BCUT2D eigenvalue weighted by atomic mass is 9.57. The van der Waals surface area contributed by atoms with Crippen LogP contribution in [-0.2, 0) is 18.4 Å². The van der Waals surface area contributed by atoms with Crippen LogP contribution in [0, 0.1) is 0 Å². The van der Waals surface area contributed by atoms with Crippen LogP contribution in [0.25, 0.3) is 99.3 Å². The first kappa shape index (κ1) is 44.0. The molecule has 2 nitrogen and oxygen atoms in total. The Morgan fingerprint density at radius 2 is 1.07 bits per heavy atom. The van der Waals surface area contributed by atoms with Gasteiger partial charge in [0.2, 0.25) is 11.4 Å². The maximum atomic E-state index is 2.70. The van der Waals surface area contributed by atoms with Crippen LogP contribution in [0.15, 0.2) is 225 Å². The van der Waals surface area contributed by atoms with Gasteiger partial charge in [0.1, 0.15) is 0 Å². The highest BCUT2D eigenvalue weighted by atomic mass is 15.1. The van der Waals surface area contributed by atoms with Gasteiger partial charge in [-0.25, -0.2) is 0 Å². The molecular formula is C70H60N2+2. The monoisotopic (exact) mass is 928 g/mol. The van der Waals surface area contributed by atoms with E-state index in [1.165, 1.54) is 129 Å². The molecule has 2 aliphatic rings. The fourth-order valence-electron chi connectivity index (χ4n) is 13.5. The molecule has 348 valence electrons. The van der Waals surface area contributed by atoms with Crippen LogP contribution in [0.2, 0.25) is 0 Å². The quantitative estimate of drug-likeness (QED) is 0.121. The Morgan fingerprint density at radius 1 is 0.444 bits per heavy atom. The number of hydrogen-bond acceptors (Lipinski definition) is 0. The summed E-state index contributed by atoms with van der Waals surface area (Å²) in [5.74, 6) is 0.211. The van der Waals surface area contributed by atoms with E-state index in [0.29, 0.717) is 0 Å². The van der Waals surface area contributed by atoms with Gasteiger partial charge in [-0.1, -0.05) is 179 Å². The van der Waals surface area contributed by atoms with Crippen molar-refractivity contribution in [2.45, 2.75) is 76.8 Å². The SMILES string of the molecule is CCCCc1cccc2c3[n+](ccc12)C(CC)C(CC)(C1C[n+]2ccc4ccccc4c2-c2cc(-c4cccc(-c5cc(-c6ccccc6)cc(-c6cccc7ccccc67)c5)c4)ccc21)c1ccccc1-3. The number of hydrogen-bond donors (Lipinski definition) is 0. The van der Waals surface area contributed by atoms with Crippen LogP contribution < -0.4 is 9.13 Å². The summed E-state index contributed by atoms with van der Waals surface area (Å²) in [6, 6.07) is 80.7. The molecule has 4 heterocycles. The number of rotatable bonds is 10. The summed E-state index contributed by atoms with van der Waals surface area (Å²) in [5.41, 5.74) is 19.4. The van der Waals surface area contributed by atoms with Crippen molar-refractivity contribution in [3.05, 3.63) is 241 Å². The Bertz CT molecular complexity index is 3880.